The van der Waals surface area contributed by atoms with E-state index in [1.807, 2.05) is 18.2 Å². The predicted molar refractivity (Wildman–Crippen MR) is 80.0 cm³/mol. The Labute approximate surface area is 122 Å². The van der Waals surface area contributed by atoms with Crippen LogP contribution < -0.4 is 11.1 Å². The van der Waals surface area contributed by atoms with E-state index in [1.54, 1.807) is 0 Å². The predicted octanol–water partition coefficient (Wildman–Crippen LogP) is 2.92. The Morgan fingerprint density at radius 2 is 2.10 bits per heavy atom. The summed E-state index contributed by atoms with van der Waals surface area (Å²) in [6, 6.07) is 5.58. The number of amides is 1. The third-order valence-electron chi connectivity index (χ3n) is 4.54. The van der Waals surface area contributed by atoms with E-state index < -0.39 is 5.54 Å². The van der Waals surface area contributed by atoms with Crippen molar-refractivity contribution in [3.8, 4) is 0 Å². The number of hydrogen-bond donors (Lipinski definition) is 2. The number of carbonyl (C=O) groups is 1. The first-order valence-corrected chi connectivity index (χ1v) is 7.65. The van der Waals surface area contributed by atoms with Crippen LogP contribution in [0.2, 0.25) is 0 Å². The molecular formula is C16H19N3O2. The van der Waals surface area contributed by atoms with Crippen LogP contribution in [0.3, 0.4) is 0 Å². The van der Waals surface area contributed by atoms with Crippen LogP contribution in [0.25, 0.3) is 11.1 Å². The molecule has 1 aromatic heterocycles. The molecule has 1 heterocycles. The molecule has 0 saturated heterocycles. The van der Waals surface area contributed by atoms with E-state index >= 15 is 0 Å². The molecule has 5 nitrogen and oxygen atoms in total. The molecule has 3 N–H and O–H groups in total. The zero-order chi connectivity index (χ0) is 14.4. The van der Waals surface area contributed by atoms with Crippen molar-refractivity contribution in [1.82, 2.24) is 4.98 Å². The maximum atomic E-state index is 12.3. The third kappa shape index (κ3) is 2.31. The minimum Gasteiger partial charge on any atom is -0.440 e. The van der Waals surface area contributed by atoms with Crippen LogP contribution in [0, 0.1) is 0 Å². The monoisotopic (exact) mass is 285 g/mol. The van der Waals surface area contributed by atoms with Gasteiger partial charge in [0.1, 0.15) is 5.52 Å². The van der Waals surface area contributed by atoms with Gasteiger partial charge in [-0.3, -0.25) is 4.79 Å². The molecule has 2 aliphatic rings. The van der Waals surface area contributed by atoms with Crippen molar-refractivity contribution >= 4 is 22.7 Å². The fourth-order valence-electron chi connectivity index (χ4n) is 3.01. The first-order valence-electron chi connectivity index (χ1n) is 7.65. The Morgan fingerprint density at radius 1 is 1.33 bits per heavy atom. The number of nitrogens with one attached hydrogen (secondary N) is 1. The number of rotatable bonds is 3. The van der Waals surface area contributed by atoms with E-state index in [4.69, 9.17) is 10.2 Å². The summed E-state index contributed by atoms with van der Waals surface area (Å²) >= 11 is 0. The molecule has 2 saturated carbocycles. The summed E-state index contributed by atoms with van der Waals surface area (Å²) in [6.07, 6.45) is 5.88. The number of aromatic nitrogens is 1. The van der Waals surface area contributed by atoms with Gasteiger partial charge in [0.15, 0.2) is 11.5 Å². The minimum atomic E-state index is -0.713. The van der Waals surface area contributed by atoms with E-state index in [2.05, 4.69) is 10.3 Å². The molecule has 1 aromatic carbocycles. The van der Waals surface area contributed by atoms with E-state index in [0.29, 0.717) is 5.92 Å². The summed E-state index contributed by atoms with van der Waals surface area (Å²) in [5, 5.41) is 2.92. The number of benzene rings is 1. The standard InChI is InChI=1S/C16H19N3O2/c17-16(7-1-2-8-16)15(20)18-11-5-6-12-13(9-11)21-14(19-12)10-3-4-10/h5-6,9-10H,1-4,7-8,17H2,(H,18,20). The van der Waals surface area contributed by atoms with E-state index in [1.165, 1.54) is 0 Å². The van der Waals surface area contributed by atoms with E-state index in [0.717, 1.165) is 61.2 Å². The molecule has 110 valence electrons. The lowest BCUT2D eigenvalue weighted by Crippen LogP contribution is -2.48. The van der Waals surface area contributed by atoms with Crippen LogP contribution >= 0.6 is 0 Å². The van der Waals surface area contributed by atoms with Crippen molar-refractivity contribution in [1.29, 1.82) is 0 Å². The molecule has 0 atom stereocenters. The van der Waals surface area contributed by atoms with Crippen LogP contribution in [-0.2, 0) is 4.79 Å². The number of fused-ring (bicyclic) bond motifs is 1. The molecule has 0 radical (unpaired) electrons. The highest BCUT2D eigenvalue weighted by Gasteiger charge is 2.37. The molecule has 2 fully saturated rings. The fourth-order valence-corrected chi connectivity index (χ4v) is 3.01. The molecule has 2 aromatic rings. The lowest BCUT2D eigenvalue weighted by molar-refractivity contribution is -0.121. The highest BCUT2D eigenvalue weighted by Crippen LogP contribution is 2.40. The summed E-state index contributed by atoms with van der Waals surface area (Å²) in [7, 11) is 0. The van der Waals surface area contributed by atoms with Crippen LogP contribution in [-0.4, -0.2) is 16.4 Å². The zero-order valence-electron chi connectivity index (χ0n) is 11.9. The lowest BCUT2D eigenvalue weighted by atomic mass is 9.98. The highest BCUT2D eigenvalue weighted by atomic mass is 16.3. The van der Waals surface area contributed by atoms with Crippen LogP contribution in [0.5, 0.6) is 0 Å². The van der Waals surface area contributed by atoms with Crippen molar-refractivity contribution in [3.63, 3.8) is 0 Å². The number of carbonyl (C=O) groups excluding carboxylic acids is 1. The molecule has 5 heteroatoms. The Kier molecular flexibility index (Phi) is 2.79. The average molecular weight is 285 g/mol. The molecule has 0 spiro atoms. The third-order valence-corrected chi connectivity index (χ3v) is 4.54. The SMILES string of the molecule is NC1(C(=O)Nc2ccc3nc(C4CC4)oc3c2)CCCC1. The van der Waals surface area contributed by atoms with Gasteiger partial charge in [0.2, 0.25) is 5.91 Å². The number of nitrogens with two attached hydrogens (primary N) is 1. The molecule has 4 rings (SSSR count). The molecule has 2 aliphatic carbocycles. The second-order valence-electron chi connectivity index (χ2n) is 6.33. The van der Waals surface area contributed by atoms with Crippen molar-refractivity contribution < 1.29 is 9.21 Å². The van der Waals surface area contributed by atoms with Gasteiger partial charge in [0, 0.05) is 17.7 Å². The van der Waals surface area contributed by atoms with Gasteiger partial charge in [-0.2, -0.15) is 0 Å². The topological polar surface area (TPSA) is 81.2 Å². The Balaban J connectivity index is 1.57. The van der Waals surface area contributed by atoms with Crippen LogP contribution in [0.4, 0.5) is 5.69 Å². The van der Waals surface area contributed by atoms with Gasteiger partial charge in [-0.25, -0.2) is 4.98 Å². The maximum Gasteiger partial charge on any atom is 0.244 e. The first kappa shape index (κ1) is 12.8. The van der Waals surface area contributed by atoms with Crippen LogP contribution in [0.15, 0.2) is 22.6 Å². The van der Waals surface area contributed by atoms with E-state index in [-0.39, 0.29) is 5.91 Å². The summed E-state index contributed by atoms with van der Waals surface area (Å²) in [6.45, 7) is 0. The summed E-state index contributed by atoms with van der Waals surface area (Å²) in [5.74, 6) is 1.21. The number of anilines is 1. The van der Waals surface area contributed by atoms with Crippen LogP contribution in [0.1, 0.15) is 50.3 Å². The Hall–Kier alpha value is -1.88. The lowest BCUT2D eigenvalue weighted by Gasteiger charge is -2.22. The van der Waals surface area contributed by atoms with E-state index in [9.17, 15) is 4.79 Å². The van der Waals surface area contributed by atoms with Gasteiger partial charge in [0.25, 0.3) is 0 Å². The van der Waals surface area contributed by atoms with Gasteiger partial charge in [0.05, 0.1) is 5.54 Å². The molecule has 21 heavy (non-hydrogen) atoms. The summed E-state index contributed by atoms with van der Waals surface area (Å²) in [4.78, 5) is 16.8. The second-order valence-corrected chi connectivity index (χ2v) is 6.33. The molecule has 0 aliphatic heterocycles. The van der Waals surface area contributed by atoms with Crippen molar-refractivity contribution in [2.75, 3.05) is 5.32 Å². The maximum absolute atomic E-state index is 12.3. The average Bonchev–Trinajstić information content (AvgIpc) is 3.08. The molecule has 0 unspecified atom stereocenters. The zero-order valence-corrected chi connectivity index (χ0v) is 11.9. The number of hydrogen-bond acceptors (Lipinski definition) is 4. The highest BCUT2D eigenvalue weighted by molar-refractivity contribution is 5.99. The first-order chi connectivity index (χ1) is 10.1. The Morgan fingerprint density at radius 3 is 2.81 bits per heavy atom. The summed E-state index contributed by atoms with van der Waals surface area (Å²) < 4.78 is 5.77. The molecule has 1 amide bonds. The normalized spacial score (nSPS) is 20.8. The van der Waals surface area contributed by atoms with Crippen molar-refractivity contribution in [2.45, 2.75) is 50.0 Å². The van der Waals surface area contributed by atoms with Crippen molar-refractivity contribution in [3.05, 3.63) is 24.1 Å². The fraction of sp³-hybridized carbons (Fsp3) is 0.500. The molecular weight excluding hydrogens is 266 g/mol. The Bertz CT molecular complexity index is 697. The minimum absolute atomic E-state index is 0.0960. The van der Waals surface area contributed by atoms with Gasteiger partial charge in [-0.05, 0) is 37.8 Å². The van der Waals surface area contributed by atoms with Gasteiger partial charge in [-0.15, -0.1) is 0 Å². The second kappa shape index (κ2) is 4.56. The van der Waals surface area contributed by atoms with Gasteiger partial charge >= 0.3 is 0 Å². The molecule has 0 bridgehead atoms. The smallest absolute Gasteiger partial charge is 0.244 e. The quantitative estimate of drug-likeness (QED) is 0.908. The largest absolute Gasteiger partial charge is 0.440 e. The number of nitrogens with zero attached hydrogens (tertiary/aromatic N) is 1. The van der Waals surface area contributed by atoms with Gasteiger partial charge < -0.3 is 15.5 Å². The number of oxazole rings is 1. The van der Waals surface area contributed by atoms with Crippen molar-refractivity contribution in [2.24, 2.45) is 5.73 Å². The summed E-state index contributed by atoms with van der Waals surface area (Å²) in [5.41, 5.74) is 7.75. The van der Waals surface area contributed by atoms with Gasteiger partial charge in [-0.1, -0.05) is 12.8 Å².